The van der Waals surface area contributed by atoms with Gasteiger partial charge in [0.1, 0.15) is 0 Å². The lowest BCUT2D eigenvalue weighted by molar-refractivity contribution is -0.0721. The molecular formula is C25H43IN4O2. The number of guanidine groups is 1. The van der Waals surface area contributed by atoms with E-state index in [9.17, 15) is 0 Å². The van der Waals surface area contributed by atoms with Crippen LogP contribution in [0.25, 0.3) is 0 Å². The number of ether oxygens (including phenoxy) is 2. The highest BCUT2D eigenvalue weighted by Gasteiger charge is 2.23. The number of likely N-dealkylation sites (tertiary alicyclic amines) is 1. The Hall–Kier alpha value is -0.900. The van der Waals surface area contributed by atoms with Crippen LogP contribution in [0.5, 0.6) is 0 Å². The number of hydrogen-bond acceptors (Lipinski definition) is 4. The molecule has 1 N–H and O–H groups in total. The van der Waals surface area contributed by atoms with Gasteiger partial charge < -0.3 is 19.7 Å². The van der Waals surface area contributed by atoms with Crippen molar-refractivity contribution in [2.75, 3.05) is 46.4 Å². The summed E-state index contributed by atoms with van der Waals surface area (Å²) < 4.78 is 12.0. The van der Waals surface area contributed by atoms with Crippen LogP contribution in [0.1, 0.15) is 57.1 Å². The third-order valence-corrected chi connectivity index (χ3v) is 6.49. The van der Waals surface area contributed by atoms with Crippen molar-refractivity contribution < 1.29 is 9.47 Å². The van der Waals surface area contributed by atoms with Gasteiger partial charge in [0.2, 0.25) is 0 Å². The zero-order valence-electron chi connectivity index (χ0n) is 20.2. The number of nitrogens with one attached hydrogen (secondary N) is 1. The number of piperidine rings is 1. The van der Waals surface area contributed by atoms with E-state index in [4.69, 9.17) is 9.47 Å². The molecule has 2 heterocycles. The van der Waals surface area contributed by atoms with Gasteiger partial charge in [-0.2, -0.15) is 0 Å². The summed E-state index contributed by atoms with van der Waals surface area (Å²) in [6.07, 6.45) is 6.36. The number of hydrogen-bond donors (Lipinski definition) is 1. The Labute approximate surface area is 212 Å². The van der Waals surface area contributed by atoms with Crippen molar-refractivity contribution in [2.24, 2.45) is 4.99 Å². The first kappa shape index (κ1) is 27.3. The summed E-state index contributed by atoms with van der Waals surface area (Å²) in [6.45, 7) is 12.0. The smallest absolute Gasteiger partial charge is 0.193 e. The molecular weight excluding hydrogens is 515 g/mol. The van der Waals surface area contributed by atoms with E-state index in [-0.39, 0.29) is 24.0 Å². The molecule has 0 aromatic heterocycles. The van der Waals surface area contributed by atoms with Crippen molar-refractivity contribution in [3.63, 3.8) is 0 Å². The number of aliphatic imine (C=N–C) groups is 1. The van der Waals surface area contributed by atoms with Gasteiger partial charge in [0.25, 0.3) is 0 Å². The first-order valence-electron chi connectivity index (χ1n) is 12.2. The SMILES string of the molecule is CCN(CC)Cc1cccc(CNC(=NC)N2CCC(OCC3CCCCO3)CC2)c1.I. The van der Waals surface area contributed by atoms with Gasteiger partial charge in [-0.25, -0.2) is 0 Å². The van der Waals surface area contributed by atoms with Crippen LogP contribution in [0.15, 0.2) is 29.3 Å². The third-order valence-electron chi connectivity index (χ3n) is 6.49. The molecule has 1 atom stereocenters. The molecule has 0 saturated carbocycles. The molecule has 0 radical (unpaired) electrons. The molecule has 6 nitrogen and oxygen atoms in total. The summed E-state index contributed by atoms with van der Waals surface area (Å²) in [5, 5.41) is 3.56. The fraction of sp³-hybridized carbons (Fsp3) is 0.720. The Balaban J connectivity index is 0.00000363. The van der Waals surface area contributed by atoms with Crippen LogP contribution in [-0.2, 0) is 22.6 Å². The molecule has 32 heavy (non-hydrogen) atoms. The predicted octanol–water partition coefficient (Wildman–Crippen LogP) is 4.27. The van der Waals surface area contributed by atoms with E-state index in [0.717, 1.165) is 77.7 Å². The highest BCUT2D eigenvalue weighted by Crippen LogP contribution is 2.18. The maximum absolute atomic E-state index is 6.16. The Morgan fingerprint density at radius 2 is 1.91 bits per heavy atom. The molecule has 2 fully saturated rings. The molecule has 2 aliphatic rings. The lowest BCUT2D eigenvalue weighted by atomic mass is 10.1. The molecule has 1 unspecified atom stereocenters. The quantitative estimate of drug-likeness (QED) is 0.279. The minimum Gasteiger partial charge on any atom is -0.376 e. The molecule has 0 aliphatic carbocycles. The molecule has 0 bridgehead atoms. The van der Waals surface area contributed by atoms with Crippen molar-refractivity contribution >= 4 is 29.9 Å². The van der Waals surface area contributed by atoms with Crippen LogP contribution in [0.4, 0.5) is 0 Å². The topological polar surface area (TPSA) is 49.3 Å². The van der Waals surface area contributed by atoms with Gasteiger partial charge in [-0.05, 0) is 56.3 Å². The van der Waals surface area contributed by atoms with Gasteiger partial charge in [0.05, 0.1) is 18.8 Å². The van der Waals surface area contributed by atoms with Crippen molar-refractivity contribution in [3.05, 3.63) is 35.4 Å². The lowest BCUT2D eigenvalue weighted by Gasteiger charge is -2.35. The third kappa shape index (κ3) is 8.80. The van der Waals surface area contributed by atoms with E-state index in [0.29, 0.717) is 12.2 Å². The van der Waals surface area contributed by atoms with Gasteiger partial charge in [0.15, 0.2) is 5.96 Å². The Kier molecular flexibility index (Phi) is 12.9. The molecule has 0 amide bonds. The fourth-order valence-electron chi connectivity index (χ4n) is 4.47. The largest absolute Gasteiger partial charge is 0.376 e. The van der Waals surface area contributed by atoms with Crippen molar-refractivity contribution in [1.82, 2.24) is 15.1 Å². The highest BCUT2D eigenvalue weighted by molar-refractivity contribution is 14.0. The summed E-state index contributed by atoms with van der Waals surface area (Å²) >= 11 is 0. The van der Waals surface area contributed by atoms with E-state index in [1.165, 1.54) is 24.0 Å². The van der Waals surface area contributed by atoms with Gasteiger partial charge in [-0.1, -0.05) is 38.1 Å². The molecule has 182 valence electrons. The van der Waals surface area contributed by atoms with Crippen LogP contribution in [-0.4, -0.2) is 74.4 Å². The molecule has 3 rings (SSSR count). The highest BCUT2D eigenvalue weighted by atomic mass is 127. The fourth-order valence-corrected chi connectivity index (χ4v) is 4.47. The summed E-state index contributed by atoms with van der Waals surface area (Å²) in [5.74, 6) is 0.989. The first-order valence-corrected chi connectivity index (χ1v) is 12.2. The monoisotopic (exact) mass is 558 g/mol. The van der Waals surface area contributed by atoms with Crippen LogP contribution >= 0.6 is 24.0 Å². The number of rotatable bonds is 9. The summed E-state index contributed by atoms with van der Waals surface area (Å²) in [7, 11) is 1.88. The Morgan fingerprint density at radius 3 is 2.56 bits per heavy atom. The zero-order chi connectivity index (χ0) is 21.9. The molecule has 0 spiro atoms. The zero-order valence-corrected chi connectivity index (χ0v) is 22.6. The van der Waals surface area contributed by atoms with E-state index in [1.807, 2.05) is 7.05 Å². The second kappa shape index (κ2) is 15.1. The molecule has 7 heteroatoms. The van der Waals surface area contributed by atoms with Gasteiger partial charge in [-0.3, -0.25) is 9.89 Å². The predicted molar refractivity (Wildman–Crippen MR) is 143 cm³/mol. The van der Waals surface area contributed by atoms with Crippen LogP contribution in [0.2, 0.25) is 0 Å². The average molecular weight is 559 g/mol. The molecule has 1 aromatic rings. The Morgan fingerprint density at radius 1 is 1.16 bits per heavy atom. The van der Waals surface area contributed by atoms with Crippen molar-refractivity contribution in [3.8, 4) is 0 Å². The maximum atomic E-state index is 6.16. The van der Waals surface area contributed by atoms with Crippen LogP contribution < -0.4 is 5.32 Å². The normalized spacial score (nSPS) is 20.3. The van der Waals surface area contributed by atoms with Gasteiger partial charge in [-0.15, -0.1) is 24.0 Å². The Bertz CT molecular complexity index is 670. The number of halogens is 1. The van der Waals surface area contributed by atoms with Crippen molar-refractivity contribution in [2.45, 2.75) is 71.2 Å². The second-order valence-corrected chi connectivity index (χ2v) is 8.69. The summed E-state index contributed by atoms with van der Waals surface area (Å²) in [5.41, 5.74) is 2.68. The van der Waals surface area contributed by atoms with Gasteiger partial charge in [0, 0.05) is 39.8 Å². The van der Waals surface area contributed by atoms with E-state index in [2.05, 4.69) is 58.2 Å². The van der Waals surface area contributed by atoms with E-state index < -0.39 is 0 Å². The van der Waals surface area contributed by atoms with E-state index >= 15 is 0 Å². The maximum Gasteiger partial charge on any atom is 0.193 e. The van der Waals surface area contributed by atoms with Crippen molar-refractivity contribution in [1.29, 1.82) is 0 Å². The molecule has 2 aliphatic heterocycles. The minimum absolute atomic E-state index is 0. The van der Waals surface area contributed by atoms with E-state index in [1.54, 1.807) is 0 Å². The van der Waals surface area contributed by atoms with Crippen LogP contribution in [0.3, 0.4) is 0 Å². The average Bonchev–Trinajstić information content (AvgIpc) is 2.83. The van der Waals surface area contributed by atoms with Gasteiger partial charge >= 0.3 is 0 Å². The van der Waals surface area contributed by atoms with Crippen LogP contribution in [0, 0.1) is 0 Å². The summed E-state index contributed by atoms with van der Waals surface area (Å²) in [6, 6.07) is 8.89. The number of benzene rings is 1. The minimum atomic E-state index is 0. The second-order valence-electron chi connectivity index (χ2n) is 8.69. The number of nitrogens with zero attached hydrogens (tertiary/aromatic N) is 3. The molecule has 2 saturated heterocycles. The standard InChI is InChI=1S/C25H42N4O2.HI/c1-4-28(5-2)19-22-10-8-9-21(17-22)18-27-25(26-3)29-14-12-23(13-15-29)31-20-24-11-6-7-16-30-24;/h8-10,17,23-24H,4-7,11-16,18-20H2,1-3H3,(H,26,27);1H. The summed E-state index contributed by atoms with van der Waals surface area (Å²) in [4.78, 5) is 9.33. The first-order chi connectivity index (χ1) is 15.2. The molecule has 1 aromatic carbocycles. The lowest BCUT2D eigenvalue weighted by Crippen LogP contribution is -2.47.